The van der Waals surface area contributed by atoms with Gasteiger partial charge in [0.05, 0.1) is 10.6 Å². The van der Waals surface area contributed by atoms with E-state index in [9.17, 15) is 4.79 Å². The van der Waals surface area contributed by atoms with E-state index in [1.165, 1.54) is 0 Å². The molecule has 5 heteroatoms. The first kappa shape index (κ1) is 16.0. The average Bonchev–Trinajstić information content (AvgIpc) is 2.61. The van der Waals surface area contributed by atoms with Crippen LogP contribution in [-0.4, -0.2) is 10.9 Å². The van der Waals surface area contributed by atoms with Gasteiger partial charge in [-0.05, 0) is 23.8 Å². The molecule has 1 N–H and O–H groups in total. The van der Waals surface area contributed by atoms with Crippen molar-refractivity contribution in [3.05, 3.63) is 88.9 Å². The molecule has 0 fully saturated rings. The Balaban J connectivity index is 1.67. The van der Waals surface area contributed by atoms with Crippen molar-refractivity contribution >= 4 is 23.3 Å². The van der Waals surface area contributed by atoms with Crippen LogP contribution in [0.15, 0.2) is 72.8 Å². The largest absolute Gasteiger partial charge is 0.473 e. The number of rotatable bonds is 5. The van der Waals surface area contributed by atoms with Gasteiger partial charge in [0.25, 0.3) is 5.91 Å². The zero-order valence-corrected chi connectivity index (χ0v) is 13.5. The summed E-state index contributed by atoms with van der Waals surface area (Å²) < 4.78 is 5.66. The Bertz CT molecular complexity index is 838. The summed E-state index contributed by atoms with van der Waals surface area (Å²) in [4.78, 5) is 16.5. The Hall–Kier alpha value is -2.85. The van der Waals surface area contributed by atoms with Crippen molar-refractivity contribution in [2.45, 2.75) is 6.61 Å². The van der Waals surface area contributed by atoms with Crippen LogP contribution >= 0.6 is 11.6 Å². The molecule has 0 saturated heterocycles. The van der Waals surface area contributed by atoms with Gasteiger partial charge in [-0.2, -0.15) is 4.98 Å². The van der Waals surface area contributed by atoms with E-state index in [1.54, 1.807) is 42.5 Å². The third-order valence-corrected chi connectivity index (χ3v) is 3.64. The quantitative estimate of drug-likeness (QED) is 0.741. The molecule has 0 aliphatic heterocycles. The minimum absolute atomic E-state index is 0.312. The van der Waals surface area contributed by atoms with Crippen LogP contribution in [0.3, 0.4) is 0 Å². The van der Waals surface area contributed by atoms with Gasteiger partial charge < -0.3 is 10.1 Å². The average molecular weight is 339 g/mol. The maximum atomic E-state index is 12.2. The van der Waals surface area contributed by atoms with Gasteiger partial charge in [0.1, 0.15) is 12.4 Å². The van der Waals surface area contributed by atoms with Gasteiger partial charge in [-0.1, -0.05) is 60.1 Å². The second-order valence-electron chi connectivity index (χ2n) is 5.07. The molecule has 0 atom stereocenters. The lowest BCUT2D eigenvalue weighted by molar-refractivity contribution is 0.102. The van der Waals surface area contributed by atoms with Crippen LogP contribution in [0.2, 0.25) is 5.02 Å². The monoisotopic (exact) mass is 338 g/mol. The van der Waals surface area contributed by atoms with E-state index in [0.717, 1.165) is 5.56 Å². The minimum atomic E-state index is -0.312. The van der Waals surface area contributed by atoms with E-state index in [1.807, 2.05) is 30.3 Å². The molecule has 2 aromatic carbocycles. The van der Waals surface area contributed by atoms with Gasteiger partial charge in [-0.25, -0.2) is 0 Å². The highest BCUT2D eigenvalue weighted by molar-refractivity contribution is 6.34. The highest BCUT2D eigenvalue weighted by Crippen LogP contribution is 2.18. The van der Waals surface area contributed by atoms with E-state index in [4.69, 9.17) is 16.3 Å². The maximum Gasteiger partial charge on any atom is 0.258 e. The normalized spacial score (nSPS) is 10.2. The third-order valence-electron chi connectivity index (χ3n) is 3.31. The number of pyridine rings is 1. The fourth-order valence-corrected chi connectivity index (χ4v) is 2.35. The number of hydrogen-bond acceptors (Lipinski definition) is 3. The van der Waals surface area contributed by atoms with Crippen molar-refractivity contribution in [1.29, 1.82) is 0 Å². The van der Waals surface area contributed by atoms with Crippen LogP contribution in [-0.2, 0) is 6.61 Å². The Labute approximate surface area is 145 Å². The molecule has 1 heterocycles. The number of nitrogens with one attached hydrogen (secondary N) is 1. The van der Waals surface area contributed by atoms with Crippen molar-refractivity contribution in [3.63, 3.8) is 0 Å². The second-order valence-corrected chi connectivity index (χ2v) is 5.48. The SMILES string of the molecule is O=C(Nc1cccc(OCc2ccccc2)n1)c1ccccc1Cl. The number of nitrogens with zero attached hydrogens (tertiary/aromatic N) is 1. The molecule has 0 radical (unpaired) electrons. The molecule has 1 aromatic heterocycles. The predicted molar refractivity (Wildman–Crippen MR) is 94.4 cm³/mol. The second kappa shape index (κ2) is 7.62. The lowest BCUT2D eigenvalue weighted by atomic mass is 10.2. The molecule has 0 aliphatic carbocycles. The number of hydrogen-bond donors (Lipinski definition) is 1. The Morgan fingerprint density at radius 2 is 1.71 bits per heavy atom. The molecule has 4 nitrogen and oxygen atoms in total. The number of anilines is 1. The summed E-state index contributed by atoms with van der Waals surface area (Å²) in [7, 11) is 0. The molecular weight excluding hydrogens is 324 g/mol. The smallest absolute Gasteiger partial charge is 0.258 e. The molecule has 0 saturated carbocycles. The third kappa shape index (κ3) is 4.12. The molecule has 24 heavy (non-hydrogen) atoms. The standard InChI is InChI=1S/C19H15ClN2O2/c20-16-10-5-4-9-15(16)19(23)22-17-11-6-12-18(21-17)24-13-14-7-2-1-3-8-14/h1-12H,13H2,(H,21,22,23). The van der Waals surface area contributed by atoms with E-state index in [2.05, 4.69) is 10.3 Å². The van der Waals surface area contributed by atoms with Gasteiger partial charge in [0, 0.05) is 6.07 Å². The predicted octanol–water partition coefficient (Wildman–Crippen LogP) is 4.57. The number of halogens is 1. The first-order valence-electron chi connectivity index (χ1n) is 7.42. The number of benzene rings is 2. The summed E-state index contributed by atoms with van der Waals surface area (Å²) in [6.07, 6.45) is 0. The highest BCUT2D eigenvalue weighted by Gasteiger charge is 2.10. The number of aromatic nitrogens is 1. The lowest BCUT2D eigenvalue weighted by Crippen LogP contribution is -2.13. The first-order chi connectivity index (χ1) is 11.7. The van der Waals surface area contributed by atoms with E-state index in [0.29, 0.717) is 28.9 Å². The van der Waals surface area contributed by atoms with E-state index < -0.39 is 0 Å². The number of carbonyl (C=O) groups excluding carboxylic acids is 1. The zero-order chi connectivity index (χ0) is 16.8. The summed E-state index contributed by atoms with van der Waals surface area (Å²) in [5.74, 6) is 0.537. The van der Waals surface area contributed by atoms with Crippen molar-refractivity contribution in [2.75, 3.05) is 5.32 Å². The Morgan fingerprint density at radius 1 is 0.958 bits per heavy atom. The van der Waals surface area contributed by atoms with Crippen LogP contribution in [0.4, 0.5) is 5.82 Å². The van der Waals surface area contributed by atoms with Gasteiger partial charge in [0.15, 0.2) is 0 Å². The number of carbonyl (C=O) groups is 1. The molecule has 0 spiro atoms. The molecule has 0 aliphatic rings. The molecule has 120 valence electrons. The number of amides is 1. The van der Waals surface area contributed by atoms with Crippen molar-refractivity contribution in [3.8, 4) is 5.88 Å². The van der Waals surface area contributed by atoms with E-state index >= 15 is 0 Å². The molecule has 3 aromatic rings. The summed E-state index contributed by atoms with van der Waals surface area (Å²) in [6.45, 7) is 0.412. The van der Waals surface area contributed by atoms with Crippen LogP contribution < -0.4 is 10.1 Å². The summed E-state index contributed by atoms with van der Waals surface area (Å²) in [5.41, 5.74) is 1.45. The summed E-state index contributed by atoms with van der Waals surface area (Å²) in [6, 6.07) is 21.9. The minimum Gasteiger partial charge on any atom is -0.473 e. The Kier molecular flexibility index (Phi) is 5.08. The molecule has 0 unspecified atom stereocenters. The first-order valence-corrected chi connectivity index (χ1v) is 7.80. The maximum absolute atomic E-state index is 12.2. The fraction of sp³-hybridized carbons (Fsp3) is 0.0526. The summed E-state index contributed by atoms with van der Waals surface area (Å²) >= 11 is 6.03. The van der Waals surface area contributed by atoms with Crippen molar-refractivity contribution < 1.29 is 9.53 Å². The van der Waals surface area contributed by atoms with Crippen LogP contribution in [0, 0.1) is 0 Å². The summed E-state index contributed by atoms with van der Waals surface area (Å²) in [5, 5.41) is 3.12. The van der Waals surface area contributed by atoms with Crippen LogP contribution in [0.5, 0.6) is 5.88 Å². The molecule has 0 bridgehead atoms. The van der Waals surface area contributed by atoms with Crippen molar-refractivity contribution in [1.82, 2.24) is 4.98 Å². The topological polar surface area (TPSA) is 51.2 Å². The van der Waals surface area contributed by atoms with Gasteiger partial charge >= 0.3 is 0 Å². The highest BCUT2D eigenvalue weighted by atomic mass is 35.5. The lowest BCUT2D eigenvalue weighted by Gasteiger charge is -2.09. The van der Waals surface area contributed by atoms with Gasteiger partial charge in [-0.3, -0.25) is 4.79 Å². The van der Waals surface area contributed by atoms with E-state index in [-0.39, 0.29) is 5.91 Å². The molecular formula is C19H15ClN2O2. The van der Waals surface area contributed by atoms with Gasteiger partial charge in [-0.15, -0.1) is 0 Å². The number of ether oxygens (including phenoxy) is 1. The fourth-order valence-electron chi connectivity index (χ4n) is 2.13. The van der Waals surface area contributed by atoms with Crippen LogP contribution in [0.1, 0.15) is 15.9 Å². The molecule has 3 rings (SSSR count). The Morgan fingerprint density at radius 3 is 2.50 bits per heavy atom. The van der Waals surface area contributed by atoms with Gasteiger partial charge in [0.2, 0.25) is 5.88 Å². The van der Waals surface area contributed by atoms with Crippen molar-refractivity contribution in [2.24, 2.45) is 0 Å². The van der Waals surface area contributed by atoms with Crippen LogP contribution in [0.25, 0.3) is 0 Å². The zero-order valence-electron chi connectivity index (χ0n) is 12.8. The molecule has 1 amide bonds.